The fourth-order valence-corrected chi connectivity index (χ4v) is 10.1. The summed E-state index contributed by atoms with van der Waals surface area (Å²) < 4.78 is 5.48. The number of amides is 1. The van der Waals surface area contributed by atoms with E-state index in [1.807, 2.05) is 6.08 Å². The maximum absolute atomic E-state index is 12.5. The number of rotatable bonds is 61. The third-order valence-electron chi connectivity index (χ3n) is 15.1. The Balaban J connectivity index is 3.49. The van der Waals surface area contributed by atoms with Gasteiger partial charge in [0.25, 0.3) is 0 Å². The normalized spacial score (nSPS) is 12.8. The summed E-state index contributed by atoms with van der Waals surface area (Å²) in [5.41, 5.74) is 0. The van der Waals surface area contributed by atoms with Crippen LogP contribution in [0.3, 0.4) is 0 Å². The maximum Gasteiger partial charge on any atom is 0.305 e. The van der Waals surface area contributed by atoms with Gasteiger partial charge < -0.3 is 20.3 Å². The highest BCUT2D eigenvalue weighted by Gasteiger charge is 2.18. The highest BCUT2D eigenvalue weighted by Crippen LogP contribution is 2.17. The molecule has 0 bridgehead atoms. The van der Waals surface area contributed by atoms with Crippen molar-refractivity contribution in [2.75, 3.05) is 13.2 Å². The second kappa shape index (κ2) is 62.6. The third kappa shape index (κ3) is 59.2. The van der Waals surface area contributed by atoms with Crippen LogP contribution in [-0.4, -0.2) is 47.4 Å². The number of ether oxygens (including phenoxy) is 1. The van der Waals surface area contributed by atoms with Gasteiger partial charge in [-0.2, -0.15) is 0 Å². The number of carbonyl (C=O) groups is 2. The number of hydrogen-bond donors (Lipinski definition) is 3. The molecule has 6 nitrogen and oxygen atoms in total. The summed E-state index contributed by atoms with van der Waals surface area (Å²) in [4.78, 5) is 24.6. The number of hydrogen-bond acceptors (Lipinski definition) is 5. The van der Waals surface area contributed by atoms with Crippen molar-refractivity contribution in [1.82, 2.24) is 5.32 Å². The Labute approximate surface area is 455 Å². The van der Waals surface area contributed by atoms with Crippen LogP contribution >= 0.6 is 0 Å². The number of aliphatic hydroxyl groups is 2. The van der Waals surface area contributed by atoms with Crippen LogP contribution in [0.4, 0.5) is 0 Å². The van der Waals surface area contributed by atoms with Gasteiger partial charge in [0.2, 0.25) is 5.91 Å². The fraction of sp³-hybridized carbons (Fsp3) is 0.881. The molecule has 6 heteroatoms. The lowest BCUT2D eigenvalue weighted by Gasteiger charge is -2.20. The van der Waals surface area contributed by atoms with Crippen LogP contribution in [-0.2, 0) is 14.3 Å². The van der Waals surface area contributed by atoms with Crippen molar-refractivity contribution in [2.24, 2.45) is 0 Å². The monoisotopic (exact) mass is 1030 g/mol. The molecular weight excluding hydrogens is 899 g/mol. The van der Waals surface area contributed by atoms with E-state index in [0.29, 0.717) is 19.4 Å². The lowest BCUT2D eigenvalue weighted by Crippen LogP contribution is -2.45. The quantitative estimate of drug-likeness (QED) is 0.0320. The smallest absolute Gasteiger partial charge is 0.305 e. The van der Waals surface area contributed by atoms with Gasteiger partial charge in [-0.25, -0.2) is 0 Å². The van der Waals surface area contributed by atoms with E-state index >= 15 is 0 Å². The first kappa shape index (κ1) is 71.1. The zero-order chi connectivity index (χ0) is 52.9. The van der Waals surface area contributed by atoms with Gasteiger partial charge in [-0.3, -0.25) is 9.59 Å². The molecule has 430 valence electrons. The fourth-order valence-electron chi connectivity index (χ4n) is 10.1. The number of allylic oxidation sites excluding steroid dienone is 5. The molecule has 0 saturated heterocycles. The van der Waals surface area contributed by atoms with Gasteiger partial charge in [0, 0.05) is 12.8 Å². The summed E-state index contributed by atoms with van der Waals surface area (Å²) in [5.74, 6) is -0.0929. The number of aliphatic hydroxyl groups excluding tert-OH is 2. The molecule has 0 aromatic heterocycles. The molecule has 0 spiro atoms. The van der Waals surface area contributed by atoms with Crippen LogP contribution in [0.2, 0.25) is 0 Å². The first-order valence-corrected chi connectivity index (χ1v) is 32.8. The van der Waals surface area contributed by atoms with Gasteiger partial charge in [0.15, 0.2) is 0 Å². The minimum Gasteiger partial charge on any atom is -0.466 e. The Morgan fingerprint density at radius 3 is 0.973 bits per heavy atom. The summed E-state index contributed by atoms with van der Waals surface area (Å²) in [6.07, 6.45) is 79.1. The van der Waals surface area contributed by atoms with E-state index in [9.17, 15) is 19.8 Å². The van der Waals surface area contributed by atoms with Crippen molar-refractivity contribution in [3.63, 3.8) is 0 Å². The summed E-state index contributed by atoms with van der Waals surface area (Å²) in [5, 5.41) is 23.2. The predicted molar refractivity (Wildman–Crippen MR) is 319 cm³/mol. The second-order valence-electron chi connectivity index (χ2n) is 22.4. The topological polar surface area (TPSA) is 95.9 Å². The molecule has 0 rings (SSSR count). The predicted octanol–water partition coefficient (Wildman–Crippen LogP) is 20.8. The highest BCUT2D eigenvalue weighted by molar-refractivity contribution is 5.76. The van der Waals surface area contributed by atoms with Crippen molar-refractivity contribution in [3.05, 3.63) is 36.5 Å². The summed E-state index contributed by atoms with van der Waals surface area (Å²) in [7, 11) is 0. The van der Waals surface area contributed by atoms with Crippen molar-refractivity contribution >= 4 is 11.9 Å². The van der Waals surface area contributed by atoms with Gasteiger partial charge in [0.05, 0.1) is 25.4 Å². The molecular formula is C67H127NO5. The molecule has 0 aliphatic heterocycles. The Morgan fingerprint density at radius 2 is 0.644 bits per heavy atom. The van der Waals surface area contributed by atoms with E-state index in [-0.39, 0.29) is 18.5 Å². The first-order chi connectivity index (χ1) is 36.0. The Morgan fingerprint density at radius 1 is 0.370 bits per heavy atom. The molecule has 73 heavy (non-hydrogen) atoms. The van der Waals surface area contributed by atoms with Crippen molar-refractivity contribution in [3.8, 4) is 0 Å². The average Bonchev–Trinajstić information content (AvgIpc) is 3.39. The standard InChI is InChI=1S/C67H127NO5/c1-3-5-7-9-11-13-15-17-19-21-22-23-24-25-26-27-28-31-35-39-43-47-51-55-59-65(70)64(63-69)68-66(71)60-56-52-48-44-40-36-32-29-30-34-38-42-46-50-54-58-62-73-67(72)61-57-53-49-45-41-37-33-20-18-16-14-12-10-8-6-4-2/h20,29,32-33,55,59,64-65,69-70H,3-19,21-28,30-31,34-54,56-58,60-63H2,1-2H3,(H,68,71)/b32-29-,33-20-,59-55+. The molecule has 0 aromatic carbocycles. The van der Waals surface area contributed by atoms with Gasteiger partial charge >= 0.3 is 5.97 Å². The lowest BCUT2D eigenvalue weighted by molar-refractivity contribution is -0.143. The van der Waals surface area contributed by atoms with E-state index in [0.717, 1.165) is 64.2 Å². The molecule has 0 aliphatic carbocycles. The van der Waals surface area contributed by atoms with Gasteiger partial charge in [0.1, 0.15) is 0 Å². The molecule has 0 aliphatic rings. The van der Waals surface area contributed by atoms with Crippen molar-refractivity contribution in [2.45, 2.75) is 366 Å². The van der Waals surface area contributed by atoms with E-state index < -0.39 is 12.1 Å². The maximum atomic E-state index is 12.5. The van der Waals surface area contributed by atoms with Crippen LogP contribution in [0.15, 0.2) is 36.5 Å². The molecule has 2 atom stereocenters. The molecule has 2 unspecified atom stereocenters. The van der Waals surface area contributed by atoms with E-state index in [1.54, 1.807) is 6.08 Å². The van der Waals surface area contributed by atoms with Gasteiger partial charge in [-0.05, 0) is 83.5 Å². The van der Waals surface area contributed by atoms with Crippen LogP contribution in [0.25, 0.3) is 0 Å². The average molecular weight is 1030 g/mol. The minimum atomic E-state index is -0.857. The van der Waals surface area contributed by atoms with E-state index in [2.05, 4.69) is 43.5 Å². The molecule has 0 radical (unpaired) electrons. The lowest BCUT2D eigenvalue weighted by atomic mass is 10.0. The summed E-state index contributed by atoms with van der Waals surface area (Å²) in [6, 6.07) is -0.642. The van der Waals surface area contributed by atoms with Crippen molar-refractivity contribution in [1.29, 1.82) is 0 Å². The largest absolute Gasteiger partial charge is 0.466 e. The summed E-state index contributed by atoms with van der Waals surface area (Å²) >= 11 is 0. The Hall–Kier alpha value is -1.92. The molecule has 0 aromatic rings. The molecule has 3 N–H and O–H groups in total. The summed E-state index contributed by atoms with van der Waals surface area (Å²) in [6.45, 7) is 4.90. The Kier molecular flexibility index (Phi) is 61.0. The van der Waals surface area contributed by atoms with Crippen molar-refractivity contribution < 1.29 is 24.5 Å². The molecule has 1 amide bonds. The Bertz CT molecular complexity index is 1180. The number of unbranched alkanes of at least 4 members (excludes halogenated alkanes) is 46. The number of carbonyl (C=O) groups excluding carboxylic acids is 2. The minimum absolute atomic E-state index is 0.0107. The van der Waals surface area contributed by atoms with Crippen LogP contribution in [0, 0.1) is 0 Å². The van der Waals surface area contributed by atoms with E-state index in [1.165, 1.54) is 263 Å². The highest BCUT2D eigenvalue weighted by atomic mass is 16.5. The zero-order valence-electron chi connectivity index (χ0n) is 49.1. The van der Waals surface area contributed by atoms with E-state index in [4.69, 9.17) is 4.74 Å². The van der Waals surface area contributed by atoms with Gasteiger partial charge in [-0.1, -0.05) is 294 Å². The number of esters is 1. The van der Waals surface area contributed by atoms with Crippen LogP contribution in [0.1, 0.15) is 354 Å². The number of nitrogens with one attached hydrogen (secondary N) is 1. The van der Waals surface area contributed by atoms with Gasteiger partial charge in [-0.15, -0.1) is 0 Å². The second-order valence-corrected chi connectivity index (χ2v) is 22.4. The molecule has 0 heterocycles. The SMILES string of the molecule is CCCCCCCCC/C=C\CCCCCCCC(=O)OCCCCCCCCC/C=C\CCCCCCCC(=O)NC(CO)C(O)/C=C/CCCCCCCCCCCCCCCCCCCCCCCC. The first-order valence-electron chi connectivity index (χ1n) is 32.8. The molecule has 0 fully saturated rings. The third-order valence-corrected chi connectivity index (χ3v) is 15.1. The zero-order valence-corrected chi connectivity index (χ0v) is 49.1. The molecule has 0 saturated carbocycles. The van der Waals surface area contributed by atoms with Crippen LogP contribution < -0.4 is 5.32 Å². The van der Waals surface area contributed by atoms with Crippen LogP contribution in [0.5, 0.6) is 0 Å².